The molecule has 6 heteroatoms. The second-order valence-electron chi connectivity index (χ2n) is 4.53. The molecule has 2 rings (SSSR count). The third-order valence-corrected chi connectivity index (χ3v) is 3.62. The van der Waals surface area contributed by atoms with Crippen molar-refractivity contribution in [2.45, 2.75) is 6.92 Å². The van der Waals surface area contributed by atoms with Gasteiger partial charge < -0.3 is 19.5 Å². The predicted octanol–water partition coefficient (Wildman–Crippen LogP) is 1.40. The van der Waals surface area contributed by atoms with Gasteiger partial charge in [-0.1, -0.05) is 61.2 Å². The fourth-order valence-electron chi connectivity index (χ4n) is 1.36. The lowest BCUT2D eigenvalue weighted by Gasteiger charge is -2.08. The average molecular weight is 346 g/mol. The zero-order valence-corrected chi connectivity index (χ0v) is 14.5. The molecule has 0 amide bonds. The van der Waals surface area contributed by atoms with Crippen LogP contribution in [0.1, 0.15) is 12.5 Å². The summed E-state index contributed by atoms with van der Waals surface area (Å²) in [6.07, 6.45) is 3.39. The Kier molecular flexibility index (Phi) is 9.93. The van der Waals surface area contributed by atoms with Crippen molar-refractivity contribution < 1.29 is 19.5 Å². The lowest BCUT2D eigenvalue weighted by atomic mass is 10.2. The van der Waals surface area contributed by atoms with Crippen LogP contribution in [0, 0.1) is 0 Å². The third-order valence-electron chi connectivity index (χ3n) is 2.51. The summed E-state index contributed by atoms with van der Waals surface area (Å²) in [6.45, 7) is 8.80. The highest BCUT2D eigenvalue weighted by Gasteiger charge is 2.29. The minimum Gasteiger partial charge on any atom is -0.504 e. The van der Waals surface area contributed by atoms with Crippen molar-refractivity contribution in [3.05, 3.63) is 89.6 Å². The van der Waals surface area contributed by atoms with Gasteiger partial charge in [0.2, 0.25) is 5.43 Å². The molecule has 2 aromatic carbocycles. The number of hydrogen-bond donors (Lipinski definition) is 4. The highest BCUT2D eigenvalue weighted by Crippen LogP contribution is 1.99. The van der Waals surface area contributed by atoms with E-state index < -0.39 is 8.80 Å². The molecule has 0 saturated carbocycles. The SMILES string of the molecule is C=CC.C=Cc1ccc([Si](O)(O)O)cc1.O=c1cccccc1O. The molecular formula is C18H22O5Si. The van der Waals surface area contributed by atoms with Crippen LogP contribution >= 0.6 is 0 Å². The number of allylic oxidation sites excluding steroid dienone is 1. The first-order valence-electron chi connectivity index (χ1n) is 7.01. The van der Waals surface area contributed by atoms with Gasteiger partial charge >= 0.3 is 8.80 Å². The molecule has 5 nitrogen and oxygen atoms in total. The van der Waals surface area contributed by atoms with E-state index in [1.54, 1.807) is 42.5 Å². The summed E-state index contributed by atoms with van der Waals surface area (Å²) < 4.78 is 0. The number of hydrogen-bond acceptors (Lipinski definition) is 5. The summed E-state index contributed by atoms with van der Waals surface area (Å²) in [5, 5.41) is 8.94. The highest BCUT2D eigenvalue weighted by molar-refractivity contribution is 6.71. The first kappa shape index (κ1) is 21.5. The Morgan fingerprint density at radius 1 is 0.917 bits per heavy atom. The van der Waals surface area contributed by atoms with Gasteiger partial charge in [0.25, 0.3) is 0 Å². The fourth-order valence-corrected chi connectivity index (χ4v) is 1.98. The standard InChI is InChI=1S/C8H10O3Si.C7H6O2.C3H6/c1-2-7-3-5-8(6-4-7)12(9,10)11;8-6-4-2-1-3-5-7(6)9;1-3-2/h2-6,9-11H,1H2;1-5H,(H,8,9);3H,1H2,2H3. The minimum absolute atomic E-state index is 0.174. The molecule has 0 heterocycles. The second kappa shape index (κ2) is 11.1. The van der Waals surface area contributed by atoms with Crippen molar-refractivity contribution in [3.63, 3.8) is 0 Å². The van der Waals surface area contributed by atoms with E-state index in [0.29, 0.717) is 0 Å². The molecule has 0 radical (unpaired) electrons. The molecule has 0 bridgehead atoms. The average Bonchev–Trinajstić information content (AvgIpc) is 2.72. The molecule has 0 atom stereocenters. The van der Waals surface area contributed by atoms with Crippen molar-refractivity contribution >= 4 is 20.1 Å². The van der Waals surface area contributed by atoms with Gasteiger partial charge in [-0.05, 0) is 24.6 Å². The Labute approximate surface area is 142 Å². The van der Waals surface area contributed by atoms with Gasteiger partial charge in [-0.15, -0.1) is 6.58 Å². The number of aromatic hydroxyl groups is 1. The number of benzene rings is 1. The Bertz CT molecular complexity index is 691. The van der Waals surface area contributed by atoms with Gasteiger partial charge in [0.05, 0.1) is 0 Å². The van der Waals surface area contributed by atoms with Crippen molar-refractivity contribution in [2.75, 3.05) is 0 Å². The van der Waals surface area contributed by atoms with Crippen LogP contribution in [0.15, 0.2) is 78.6 Å². The minimum atomic E-state index is -4.10. The summed E-state index contributed by atoms with van der Waals surface area (Å²) >= 11 is 0. The number of rotatable bonds is 2. The van der Waals surface area contributed by atoms with Crippen LogP contribution < -0.4 is 10.6 Å². The van der Waals surface area contributed by atoms with E-state index in [-0.39, 0.29) is 16.4 Å². The van der Waals surface area contributed by atoms with E-state index in [1.165, 1.54) is 24.3 Å². The summed E-state index contributed by atoms with van der Waals surface area (Å²) in [6, 6.07) is 13.8. The normalized spacial score (nSPS) is 9.50. The third kappa shape index (κ3) is 8.81. The highest BCUT2D eigenvalue weighted by atomic mass is 28.4. The molecule has 2 aromatic rings. The quantitative estimate of drug-likeness (QED) is 0.487. The van der Waals surface area contributed by atoms with E-state index in [4.69, 9.17) is 19.5 Å². The first-order chi connectivity index (χ1) is 11.3. The van der Waals surface area contributed by atoms with Crippen LogP contribution in [-0.4, -0.2) is 28.3 Å². The van der Waals surface area contributed by atoms with Gasteiger partial charge in [-0.3, -0.25) is 4.79 Å². The Balaban J connectivity index is 0.000000390. The van der Waals surface area contributed by atoms with Gasteiger partial charge in [-0.2, -0.15) is 0 Å². The zero-order chi connectivity index (χ0) is 18.6. The topological polar surface area (TPSA) is 98.0 Å². The van der Waals surface area contributed by atoms with E-state index in [2.05, 4.69) is 13.2 Å². The Morgan fingerprint density at radius 2 is 1.42 bits per heavy atom. The fraction of sp³-hybridized carbons (Fsp3) is 0.0556. The van der Waals surface area contributed by atoms with E-state index in [1.807, 2.05) is 6.92 Å². The smallest absolute Gasteiger partial charge is 0.504 e. The van der Waals surface area contributed by atoms with Crippen molar-refractivity contribution in [1.29, 1.82) is 0 Å². The van der Waals surface area contributed by atoms with Crippen LogP contribution in [0.4, 0.5) is 0 Å². The van der Waals surface area contributed by atoms with Crippen LogP contribution in [0.3, 0.4) is 0 Å². The Hall–Kier alpha value is -2.51. The van der Waals surface area contributed by atoms with Gasteiger partial charge in [0.1, 0.15) is 0 Å². The molecule has 4 N–H and O–H groups in total. The molecule has 0 saturated heterocycles. The summed E-state index contributed by atoms with van der Waals surface area (Å²) in [4.78, 5) is 37.2. The molecule has 0 aromatic heterocycles. The van der Waals surface area contributed by atoms with E-state index in [0.717, 1.165) is 5.56 Å². The molecule has 24 heavy (non-hydrogen) atoms. The molecule has 0 fully saturated rings. The monoisotopic (exact) mass is 346 g/mol. The second-order valence-corrected chi connectivity index (χ2v) is 6.38. The van der Waals surface area contributed by atoms with Gasteiger partial charge in [0, 0.05) is 5.19 Å². The zero-order valence-electron chi connectivity index (χ0n) is 13.5. The summed E-state index contributed by atoms with van der Waals surface area (Å²) in [5.41, 5.74) is 0.525. The maximum Gasteiger partial charge on any atom is 0.528 e. The maximum absolute atomic E-state index is 10.6. The molecule has 0 aliphatic rings. The van der Waals surface area contributed by atoms with Crippen molar-refractivity contribution in [2.24, 2.45) is 0 Å². The first-order valence-corrected chi connectivity index (χ1v) is 8.85. The summed E-state index contributed by atoms with van der Waals surface area (Å²) in [5.74, 6) is -0.208. The molecule has 0 aliphatic carbocycles. The maximum atomic E-state index is 10.6. The van der Waals surface area contributed by atoms with Crippen LogP contribution in [-0.2, 0) is 0 Å². The van der Waals surface area contributed by atoms with Crippen LogP contribution in [0.25, 0.3) is 6.08 Å². The lowest BCUT2D eigenvalue weighted by Crippen LogP contribution is -2.48. The molecule has 0 aliphatic heterocycles. The van der Waals surface area contributed by atoms with E-state index in [9.17, 15) is 4.79 Å². The van der Waals surface area contributed by atoms with Gasteiger partial charge in [-0.25, -0.2) is 0 Å². The van der Waals surface area contributed by atoms with Crippen molar-refractivity contribution in [1.82, 2.24) is 0 Å². The van der Waals surface area contributed by atoms with Crippen molar-refractivity contribution in [3.8, 4) is 5.75 Å². The van der Waals surface area contributed by atoms with E-state index >= 15 is 0 Å². The molecule has 0 spiro atoms. The van der Waals surface area contributed by atoms with Gasteiger partial charge in [0.15, 0.2) is 5.75 Å². The lowest BCUT2D eigenvalue weighted by molar-refractivity contribution is 0.249. The van der Waals surface area contributed by atoms with Crippen LogP contribution in [0.2, 0.25) is 0 Å². The Morgan fingerprint density at radius 3 is 1.88 bits per heavy atom. The largest absolute Gasteiger partial charge is 0.528 e. The van der Waals surface area contributed by atoms with Crippen LogP contribution in [0.5, 0.6) is 5.75 Å². The molecule has 0 unspecified atom stereocenters. The molecular weight excluding hydrogens is 324 g/mol. The summed E-state index contributed by atoms with van der Waals surface area (Å²) in [7, 11) is -4.10. The predicted molar refractivity (Wildman–Crippen MR) is 98.8 cm³/mol. The molecule has 128 valence electrons.